The molecule has 0 radical (unpaired) electrons. The van der Waals surface area contributed by atoms with Crippen LogP contribution in [0.25, 0.3) is 0 Å². The van der Waals surface area contributed by atoms with E-state index >= 15 is 0 Å². The van der Waals surface area contributed by atoms with E-state index in [1.54, 1.807) is 0 Å². The van der Waals surface area contributed by atoms with Gasteiger partial charge in [-0.3, -0.25) is 9.69 Å². The lowest BCUT2D eigenvalue weighted by Gasteiger charge is -2.27. The van der Waals surface area contributed by atoms with Gasteiger partial charge in [-0.15, -0.1) is 0 Å². The summed E-state index contributed by atoms with van der Waals surface area (Å²) >= 11 is 0. The van der Waals surface area contributed by atoms with Gasteiger partial charge in [-0.1, -0.05) is 19.1 Å². The maximum atomic E-state index is 11.7. The van der Waals surface area contributed by atoms with Gasteiger partial charge < -0.3 is 14.2 Å². The van der Waals surface area contributed by atoms with Gasteiger partial charge in [0.1, 0.15) is 0 Å². The van der Waals surface area contributed by atoms with Crippen LogP contribution in [0.1, 0.15) is 26.7 Å². The van der Waals surface area contributed by atoms with Crippen LogP contribution in [-0.4, -0.2) is 49.9 Å². The largest absolute Gasteiger partial charge is 0.465 e. The second-order valence-electron chi connectivity index (χ2n) is 3.82. The number of allylic oxidation sites excluding steroid dienone is 1. The molecule has 20 heavy (non-hydrogen) atoms. The van der Waals surface area contributed by atoms with Crippen molar-refractivity contribution in [3.63, 3.8) is 0 Å². The Hall–Kier alpha value is -2.05. The van der Waals surface area contributed by atoms with Crippen molar-refractivity contribution in [1.82, 2.24) is 4.90 Å². The zero-order chi connectivity index (χ0) is 15.5. The highest BCUT2D eigenvalue weighted by atomic mass is 16.6. The summed E-state index contributed by atoms with van der Waals surface area (Å²) in [5.41, 5.74) is 0. The van der Waals surface area contributed by atoms with Gasteiger partial charge in [0.05, 0.1) is 14.2 Å². The van der Waals surface area contributed by atoms with E-state index in [-0.39, 0.29) is 6.54 Å². The number of amides is 1. The van der Waals surface area contributed by atoms with Crippen LogP contribution >= 0.6 is 0 Å². The summed E-state index contributed by atoms with van der Waals surface area (Å²) in [5.74, 6) is -1.54. The van der Waals surface area contributed by atoms with E-state index in [1.807, 2.05) is 19.1 Å². The third kappa shape index (κ3) is 6.21. The number of hydrogen-bond donors (Lipinski definition) is 0. The average Bonchev–Trinajstić information content (AvgIpc) is 2.43. The van der Waals surface area contributed by atoms with Gasteiger partial charge in [-0.2, -0.15) is 0 Å². The first-order chi connectivity index (χ1) is 9.47. The van der Waals surface area contributed by atoms with E-state index in [1.165, 1.54) is 7.11 Å². The molecule has 0 aromatic heterocycles. The molecule has 7 heteroatoms. The standard InChI is InChI=1S/C13H21NO6/c1-5-6-7-8-9-14(13(17)19-4)11(12(16)18-3)20-10(2)15/h6-7,11H,5,8-9H2,1-4H3/b7-6+. The highest BCUT2D eigenvalue weighted by molar-refractivity contribution is 5.82. The van der Waals surface area contributed by atoms with E-state index < -0.39 is 24.3 Å². The number of ether oxygens (including phenoxy) is 3. The minimum atomic E-state index is -1.44. The Morgan fingerprint density at radius 2 is 1.80 bits per heavy atom. The molecule has 0 N–H and O–H groups in total. The molecule has 0 saturated heterocycles. The smallest absolute Gasteiger partial charge is 0.412 e. The van der Waals surface area contributed by atoms with Crippen molar-refractivity contribution < 1.29 is 28.6 Å². The molecule has 0 aliphatic heterocycles. The summed E-state index contributed by atoms with van der Waals surface area (Å²) in [6.45, 7) is 3.28. The van der Waals surface area contributed by atoms with Gasteiger partial charge >= 0.3 is 18.0 Å². The van der Waals surface area contributed by atoms with Crippen LogP contribution in [0.5, 0.6) is 0 Å². The Balaban J connectivity index is 4.99. The molecule has 0 aromatic rings. The molecular weight excluding hydrogens is 266 g/mol. The molecule has 0 aliphatic carbocycles. The molecule has 114 valence electrons. The van der Waals surface area contributed by atoms with E-state index in [0.717, 1.165) is 25.4 Å². The first kappa shape index (κ1) is 17.9. The molecule has 0 heterocycles. The molecule has 0 aliphatic rings. The molecule has 0 bridgehead atoms. The lowest BCUT2D eigenvalue weighted by atomic mass is 10.3. The maximum Gasteiger partial charge on any atom is 0.412 e. The predicted molar refractivity (Wildman–Crippen MR) is 70.7 cm³/mol. The Morgan fingerprint density at radius 1 is 1.15 bits per heavy atom. The van der Waals surface area contributed by atoms with Gasteiger partial charge in [0.15, 0.2) is 0 Å². The number of nitrogens with zero attached hydrogens (tertiary/aromatic N) is 1. The van der Waals surface area contributed by atoms with Crippen LogP contribution in [0.2, 0.25) is 0 Å². The van der Waals surface area contributed by atoms with Crippen LogP contribution in [-0.2, 0) is 23.8 Å². The van der Waals surface area contributed by atoms with Crippen molar-refractivity contribution in [1.29, 1.82) is 0 Å². The second-order valence-corrected chi connectivity index (χ2v) is 3.82. The fraction of sp³-hybridized carbons (Fsp3) is 0.615. The monoisotopic (exact) mass is 287 g/mol. The first-order valence-electron chi connectivity index (χ1n) is 6.22. The third-order valence-corrected chi connectivity index (χ3v) is 2.31. The van der Waals surface area contributed by atoms with Crippen LogP contribution in [0.4, 0.5) is 4.79 Å². The quantitative estimate of drug-likeness (QED) is 0.305. The van der Waals surface area contributed by atoms with Crippen LogP contribution in [0.3, 0.4) is 0 Å². The van der Waals surface area contributed by atoms with Gasteiger partial charge in [0.25, 0.3) is 6.23 Å². The van der Waals surface area contributed by atoms with Crippen molar-refractivity contribution in [3.8, 4) is 0 Å². The minimum absolute atomic E-state index is 0.163. The van der Waals surface area contributed by atoms with E-state index in [2.05, 4.69) is 9.47 Å². The maximum absolute atomic E-state index is 11.7. The number of carbonyl (C=O) groups excluding carboxylic acids is 3. The lowest BCUT2D eigenvalue weighted by molar-refractivity contribution is -0.175. The number of hydrogen-bond acceptors (Lipinski definition) is 6. The zero-order valence-corrected chi connectivity index (χ0v) is 12.3. The number of rotatable bonds is 7. The summed E-state index contributed by atoms with van der Waals surface area (Å²) in [7, 11) is 2.32. The predicted octanol–water partition coefficient (Wildman–Crippen LogP) is 1.47. The van der Waals surface area contributed by atoms with E-state index in [4.69, 9.17) is 4.74 Å². The van der Waals surface area contributed by atoms with E-state index in [9.17, 15) is 14.4 Å². The molecule has 1 atom stereocenters. The van der Waals surface area contributed by atoms with Gasteiger partial charge in [-0.05, 0) is 12.8 Å². The SMILES string of the molecule is CC/C=C/CCN(C(=O)OC)C(OC(C)=O)C(=O)OC. The van der Waals surface area contributed by atoms with Crippen molar-refractivity contribution in [2.45, 2.75) is 32.9 Å². The summed E-state index contributed by atoms with van der Waals surface area (Å²) in [5, 5.41) is 0. The number of methoxy groups -OCH3 is 2. The van der Waals surface area contributed by atoms with E-state index in [0.29, 0.717) is 6.42 Å². The van der Waals surface area contributed by atoms with Gasteiger partial charge in [0, 0.05) is 13.5 Å². The molecular formula is C13H21NO6. The van der Waals surface area contributed by atoms with Gasteiger partial charge in [0.2, 0.25) is 0 Å². The van der Waals surface area contributed by atoms with Crippen molar-refractivity contribution in [2.24, 2.45) is 0 Å². The minimum Gasteiger partial charge on any atom is -0.465 e. The molecule has 7 nitrogen and oxygen atoms in total. The Kier molecular flexibility index (Phi) is 8.82. The number of esters is 2. The summed E-state index contributed by atoms with van der Waals surface area (Å²) in [4.78, 5) is 35.4. The fourth-order valence-corrected chi connectivity index (χ4v) is 1.42. The third-order valence-electron chi connectivity index (χ3n) is 2.31. The molecule has 1 unspecified atom stereocenters. The Labute approximate surface area is 118 Å². The summed E-state index contributed by atoms with van der Waals surface area (Å²) < 4.78 is 14.0. The fourth-order valence-electron chi connectivity index (χ4n) is 1.42. The summed E-state index contributed by atoms with van der Waals surface area (Å²) in [6, 6.07) is 0. The van der Waals surface area contributed by atoms with Crippen molar-refractivity contribution in [3.05, 3.63) is 12.2 Å². The molecule has 0 aromatic carbocycles. The average molecular weight is 287 g/mol. The molecule has 0 fully saturated rings. The van der Waals surface area contributed by atoms with Crippen LogP contribution in [0, 0.1) is 0 Å². The highest BCUT2D eigenvalue weighted by Gasteiger charge is 2.33. The topological polar surface area (TPSA) is 82.1 Å². The highest BCUT2D eigenvalue weighted by Crippen LogP contribution is 2.08. The number of carbonyl (C=O) groups is 3. The van der Waals surface area contributed by atoms with Gasteiger partial charge in [-0.25, -0.2) is 9.59 Å². The Bertz CT molecular complexity index is 366. The zero-order valence-electron chi connectivity index (χ0n) is 12.3. The molecule has 0 spiro atoms. The Morgan fingerprint density at radius 3 is 2.25 bits per heavy atom. The molecule has 1 amide bonds. The van der Waals surface area contributed by atoms with Crippen LogP contribution < -0.4 is 0 Å². The lowest BCUT2D eigenvalue weighted by Crippen LogP contribution is -2.48. The first-order valence-corrected chi connectivity index (χ1v) is 6.22. The second kappa shape index (κ2) is 9.82. The normalized spacial score (nSPS) is 11.8. The molecule has 0 saturated carbocycles. The van der Waals surface area contributed by atoms with Crippen molar-refractivity contribution >= 4 is 18.0 Å². The summed E-state index contributed by atoms with van der Waals surface area (Å²) in [6.07, 6.45) is 2.93. The van der Waals surface area contributed by atoms with Crippen LogP contribution in [0.15, 0.2) is 12.2 Å². The molecule has 0 rings (SSSR count). The van der Waals surface area contributed by atoms with Crippen molar-refractivity contribution in [2.75, 3.05) is 20.8 Å².